The zero-order valence-corrected chi connectivity index (χ0v) is 17.1. The summed E-state index contributed by atoms with van der Waals surface area (Å²) in [5.41, 5.74) is 1.16. The van der Waals surface area contributed by atoms with Crippen LogP contribution >= 0.6 is 0 Å². The number of hydrogen-bond donors (Lipinski definition) is 0. The number of hydrogen-bond acceptors (Lipinski definition) is 6. The molecule has 4 heterocycles. The predicted molar refractivity (Wildman–Crippen MR) is 108 cm³/mol. The van der Waals surface area contributed by atoms with Gasteiger partial charge in [0.05, 0.1) is 0 Å². The van der Waals surface area contributed by atoms with Crippen molar-refractivity contribution < 1.29 is 4.74 Å². The second-order valence-electron chi connectivity index (χ2n) is 8.25. The molecule has 3 fully saturated rings. The molecule has 4 rings (SSSR count). The third-order valence-corrected chi connectivity index (χ3v) is 6.60. The van der Waals surface area contributed by atoms with Gasteiger partial charge in [0.1, 0.15) is 11.6 Å². The highest BCUT2D eigenvalue weighted by atomic mass is 16.5. The molecule has 1 aromatic rings. The minimum absolute atomic E-state index is 0.742. The molecule has 150 valence electrons. The molecule has 0 spiro atoms. The van der Waals surface area contributed by atoms with Gasteiger partial charge in [-0.3, -0.25) is 9.80 Å². The minimum Gasteiger partial charge on any atom is -0.381 e. The highest BCUT2D eigenvalue weighted by molar-refractivity contribution is 5.40. The molecule has 6 heteroatoms. The summed E-state index contributed by atoms with van der Waals surface area (Å²) in [7, 11) is 0. The molecule has 0 bridgehead atoms. The van der Waals surface area contributed by atoms with Crippen LogP contribution in [-0.2, 0) is 11.2 Å². The summed E-state index contributed by atoms with van der Waals surface area (Å²) in [6.07, 6.45) is 5.92. The number of anilines is 1. The fourth-order valence-corrected chi connectivity index (χ4v) is 4.93. The Morgan fingerprint density at radius 1 is 0.889 bits per heavy atom. The Bertz CT molecular complexity index is 603. The number of piperazine rings is 1. The Morgan fingerprint density at radius 3 is 2.07 bits per heavy atom. The summed E-state index contributed by atoms with van der Waals surface area (Å²) < 4.78 is 5.52. The molecular weight excluding hydrogens is 338 g/mol. The maximum absolute atomic E-state index is 5.52. The Kier molecular flexibility index (Phi) is 6.25. The van der Waals surface area contributed by atoms with E-state index >= 15 is 0 Å². The van der Waals surface area contributed by atoms with Crippen LogP contribution in [0.25, 0.3) is 0 Å². The van der Waals surface area contributed by atoms with Gasteiger partial charge in [0, 0.05) is 76.3 Å². The van der Waals surface area contributed by atoms with Crippen LogP contribution in [0.3, 0.4) is 0 Å². The summed E-state index contributed by atoms with van der Waals surface area (Å²) >= 11 is 0. The van der Waals surface area contributed by atoms with Crippen molar-refractivity contribution in [3.63, 3.8) is 0 Å². The molecule has 27 heavy (non-hydrogen) atoms. The zero-order chi connectivity index (χ0) is 18.6. The summed E-state index contributed by atoms with van der Waals surface area (Å²) in [5.74, 6) is 2.03. The van der Waals surface area contributed by atoms with E-state index in [2.05, 4.69) is 37.7 Å². The molecule has 0 radical (unpaired) electrons. The van der Waals surface area contributed by atoms with Gasteiger partial charge in [-0.05, 0) is 39.0 Å². The van der Waals surface area contributed by atoms with E-state index in [4.69, 9.17) is 4.74 Å². The van der Waals surface area contributed by atoms with Crippen molar-refractivity contribution in [1.29, 1.82) is 0 Å². The molecule has 0 unspecified atom stereocenters. The average molecular weight is 374 g/mol. The van der Waals surface area contributed by atoms with Crippen LogP contribution in [0, 0.1) is 6.92 Å². The number of aromatic nitrogens is 2. The normalized spacial score (nSPS) is 24.4. The Hall–Kier alpha value is -1.24. The van der Waals surface area contributed by atoms with E-state index in [1.54, 1.807) is 0 Å². The lowest BCUT2D eigenvalue weighted by molar-refractivity contribution is 0.00421. The van der Waals surface area contributed by atoms with E-state index in [1.165, 1.54) is 51.9 Å². The zero-order valence-electron chi connectivity index (χ0n) is 17.1. The summed E-state index contributed by atoms with van der Waals surface area (Å²) in [4.78, 5) is 17.1. The van der Waals surface area contributed by atoms with Crippen LogP contribution in [0.5, 0.6) is 0 Å². The van der Waals surface area contributed by atoms with Gasteiger partial charge in [-0.1, -0.05) is 6.92 Å². The van der Waals surface area contributed by atoms with Gasteiger partial charge in [-0.25, -0.2) is 9.97 Å². The Morgan fingerprint density at radius 2 is 1.48 bits per heavy atom. The van der Waals surface area contributed by atoms with E-state index < -0.39 is 0 Å². The third-order valence-electron chi connectivity index (χ3n) is 6.60. The maximum atomic E-state index is 5.52. The van der Waals surface area contributed by atoms with Gasteiger partial charge in [-0.2, -0.15) is 0 Å². The molecule has 1 aromatic heterocycles. The van der Waals surface area contributed by atoms with Gasteiger partial charge >= 0.3 is 0 Å². The van der Waals surface area contributed by atoms with E-state index in [0.717, 1.165) is 62.1 Å². The first-order valence-electron chi connectivity index (χ1n) is 10.9. The van der Waals surface area contributed by atoms with Crippen molar-refractivity contribution in [1.82, 2.24) is 19.8 Å². The fourth-order valence-electron chi connectivity index (χ4n) is 4.93. The van der Waals surface area contributed by atoms with Crippen molar-refractivity contribution in [2.24, 2.45) is 0 Å². The second-order valence-corrected chi connectivity index (χ2v) is 8.25. The lowest BCUT2D eigenvalue weighted by Gasteiger charge is -2.45. The number of rotatable bonds is 4. The van der Waals surface area contributed by atoms with Crippen molar-refractivity contribution >= 4 is 5.82 Å². The lowest BCUT2D eigenvalue weighted by Crippen LogP contribution is -2.55. The van der Waals surface area contributed by atoms with E-state index in [9.17, 15) is 0 Å². The van der Waals surface area contributed by atoms with Gasteiger partial charge in [0.2, 0.25) is 0 Å². The molecule has 3 aliphatic heterocycles. The quantitative estimate of drug-likeness (QED) is 0.806. The smallest absolute Gasteiger partial charge is 0.132 e. The highest BCUT2D eigenvalue weighted by Gasteiger charge is 2.30. The van der Waals surface area contributed by atoms with E-state index in [1.807, 2.05) is 6.92 Å². The van der Waals surface area contributed by atoms with Crippen LogP contribution in [0.1, 0.15) is 44.1 Å². The number of piperidine rings is 1. The SMILES string of the molecule is CCc1cc(N2CCC(N3CCN(C4CCOCC4)CC3)CC2)nc(C)n1. The van der Waals surface area contributed by atoms with E-state index in [-0.39, 0.29) is 0 Å². The van der Waals surface area contributed by atoms with Crippen molar-refractivity contribution in [2.75, 3.05) is 57.4 Å². The van der Waals surface area contributed by atoms with Gasteiger partial charge in [0.15, 0.2) is 0 Å². The molecular formula is C21H35N5O. The summed E-state index contributed by atoms with van der Waals surface area (Å²) in [6.45, 7) is 13.2. The van der Waals surface area contributed by atoms with Gasteiger partial charge in [-0.15, -0.1) is 0 Å². The molecule has 0 saturated carbocycles. The van der Waals surface area contributed by atoms with Crippen LogP contribution < -0.4 is 4.90 Å². The van der Waals surface area contributed by atoms with Crippen molar-refractivity contribution in [3.05, 3.63) is 17.6 Å². The molecule has 0 N–H and O–H groups in total. The van der Waals surface area contributed by atoms with Gasteiger partial charge < -0.3 is 9.64 Å². The van der Waals surface area contributed by atoms with Gasteiger partial charge in [0.25, 0.3) is 0 Å². The second kappa shape index (κ2) is 8.84. The molecule has 6 nitrogen and oxygen atoms in total. The van der Waals surface area contributed by atoms with Crippen LogP contribution in [-0.4, -0.2) is 84.3 Å². The van der Waals surface area contributed by atoms with E-state index in [0.29, 0.717) is 0 Å². The summed E-state index contributed by atoms with van der Waals surface area (Å²) in [6, 6.07) is 3.68. The predicted octanol–water partition coefficient (Wildman–Crippen LogP) is 2.11. The summed E-state index contributed by atoms with van der Waals surface area (Å²) in [5, 5.41) is 0. The molecule has 0 aromatic carbocycles. The fraction of sp³-hybridized carbons (Fsp3) is 0.810. The monoisotopic (exact) mass is 373 g/mol. The first-order valence-corrected chi connectivity index (χ1v) is 10.9. The molecule has 0 aliphatic carbocycles. The minimum atomic E-state index is 0.742. The van der Waals surface area contributed by atoms with Crippen molar-refractivity contribution in [3.8, 4) is 0 Å². The molecule has 3 aliphatic rings. The first-order chi connectivity index (χ1) is 13.2. The topological polar surface area (TPSA) is 44.7 Å². The Labute approximate surface area is 163 Å². The number of aryl methyl sites for hydroxylation is 2. The first kappa shape index (κ1) is 19.1. The number of nitrogens with zero attached hydrogens (tertiary/aromatic N) is 5. The largest absolute Gasteiger partial charge is 0.381 e. The Balaban J connectivity index is 1.27. The maximum Gasteiger partial charge on any atom is 0.132 e. The molecule has 0 amide bonds. The lowest BCUT2D eigenvalue weighted by atomic mass is 10.0. The highest BCUT2D eigenvalue weighted by Crippen LogP contribution is 2.24. The third kappa shape index (κ3) is 4.61. The molecule has 0 atom stereocenters. The number of ether oxygens (including phenoxy) is 1. The van der Waals surface area contributed by atoms with Crippen LogP contribution in [0.4, 0.5) is 5.82 Å². The van der Waals surface area contributed by atoms with Crippen LogP contribution in [0.2, 0.25) is 0 Å². The molecule has 3 saturated heterocycles. The average Bonchev–Trinajstić information content (AvgIpc) is 2.74. The van der Waals surface area contributed by atoms with Crippen LogP contribution in [0.15, 0.2) is 6.07 Å². The van der Waals surface area contributed by atoms with Crippen molar-refractivity contribution in [2.45, 2.75) is 58.0 Å². The standard InChI is InChI=1S/C21H35N5O/c1-3-18-16-21(23-17(2)22-18)26-8-4-19(5-9-26)24-10-12-25(13-11-24)20-6-14-27-15-7-20/h16,19-20H,3-15H2,1-2H3.